The highest BCUT2D eigenvalue weighted by Gasteiger charge is 2.09. The third-order valence-corrected chi connectivity index (χ3v) is 2.06. The van der Waals surface area contributed by atoms with Gasteiger partial charge in [-0.25, -0.2) is 13.8 Å². The molecule has 16 heavy (non-hydrogen) atoms. The Kier molecular flexibility index (Phi) is 3.78. The van der Waals surface area contributed by atoms with Gasteiger partial charge in [0.1, 0.15) is 11.5 Å². The third-order valence-electron chi connectivity index (χ3n) is 1.45. The Hall–Kier alpha value is -1.70. The lowest BCUT2D eigenvalue weighted by atomic mass is 10.3. The number of aliphatic imine (C=N–C) groups is 2. The Morgan fingerprint density at radius 3 is 2.31 bits per heavy atom. The topological polar surface area (TPSA) is 103 Å². The molecule has 86 valence electrons. The van der Waals surface area contributed by atoms with E-state index >= 15 is 0 Å². The van der Waals surface area contributed by atoms with E-state index in [0.717, 1.165) is 6.07 Å². The number of hydrogen-bond acceptors (Lipinski definition) is 1. The molecule has 0 fully saturated rings. The largest absolute Gasteiger partial charge is 0.370 e. The van der Waals surface area contributed by atoms with Crippen LogP contribution in [0.4, 0.5) is 14.5 Å². The number of benzene rings is 1. The summed E-state index contributed by atoms with van der Waals surface area (Å²) in [7, 11) is 0. The number of nitrogens with two attached hydrogens (primary N) is 3. The van der Waals surface area contributed by atoms with Crippen molar-refractivity contribution in [2.45, 2.75) is 0 Å². The molecular weight excluding hydrogens is 284 g/mol. The molecule has 0 unspecified atom stereocenters. The molecule has 0 heterocycles. The highest BCUT2D eigenvalue weighted by atomic mass is 79.9. The Labute approximate surface area is 98.2 Å². The lowest BCUT2D eigenvalue weighted by molar-refractivity contribution is 0.583. The van der Waals surface area contributed by atoms with Crippen molar-refractivity contribution >= 4 is 33.5 Å². The van der Waals surface area contributed by atoms with Crippen molar-refractivity contribution in [3.05, 3.63) is 28.2 Å². The van der Waals surface area contributed by atoms with Gasteiger partial charge in [0.15, 0.2) is 11.8 Å². The molecule has 1 aromatic carbocycles. The zero-order valence-corrected chi connectivity index (χ0v) is 9.50. The van der Waals surface area contributed by atoms with Gasteiger partial charge in [-0.1, -0.05) is 0 Å². The van der Waals surface area contributed by atoms with Crippen LogP contribution in [0, 0.1) is 11.6 Å². The quantitative estimate of drug-likeness (QED) is 0.530. The number of rotatable bonds is 1. The van der Waals surface area contributed by atoms with Gasteiger partial charge in [-0.15, -0.1) is 0 Å². The highest BCUT2D eigenvalue weighted by Crippen LogP contribution is 2.29. The van der Waals surface area contributed by atoms with E-state index in [-0.39, 0.29) is 22.1 Å². The Morgan fingerprint density at radius 1 is 1.19 bits per heavy atom. The zero-order chi connectivity index (χ0) is 12.3. The van der Waals surface area contributed by atoms with Gasteiger partial charge in [0.2, 0.25) is 5.96 Å². The van der Waals surface area contributed by atoms with Crippen LogP contribution in [-0.2, 0) is 0 Å². The summed E-state index contributed by atoms with van der Waals surface area (Å²) in [6.07, 6.45) is 0. The van der Waals surface area contributed by atoms with E-state index in [1.807, 2.05) is 0 Å². The van der Waals surface area contributed by atoms with Crippen molar-refractivity contribution in [2.75, 3.05) is 0 Å². The van der Waals surface area contributed by atoms with Crippen LogP contribution in [0.3, 0.4) is 0 Å². The Morgan fingerprint density at radius 2 is 1.81 bits per heavy atom. The summed E-state index contributed by atoms with van der Waals surface area (Å²) in [6, 6.07) is 1.72. The maximum Gasteiger partial charge on any atom is 0.223 e. The molecule has 1 aromatic rings. The van der Waals surface area contributed by atoms with Crippen LogP contribution in [-0.4, -0.2) is 11.9 Å². The van der Waals surface area contributed by atoms with Crippen molar-refractivity contribution < 1.29 is 8.78 Å². The van der Waals surface area contributed by atoms with E-state index in [1.165, 1.54) is 0 Å². The third kappa shape index (κ3) is 3.16. The van der Waals surface area contributed by atoms with E-state index in [0.29, 0.717) is 6.07 Å². The molecule has 0 bridgehead atoms. The first kappa shape index (κ1) is 12.4. The fourth-order valence-corrected chi connectivity index (χ4v) is 1.41. The molecule has 0 aliphatic heterocycles. The molecule has 0 atom stereocenters. The minimum Gasteiger partial charge on any atom is -0.370 e. The van der Waals surface area contributed by atoms with Gasteiger partial charge in [0.05, 0.1) is 0 Å². The summed E-state index contributed by atoms with van der Waals surface area (Å²) < 4.78 is 26.1. The predicted octanol–water partition coefficient (Wildman–Crippen LogP) is 0.947. The average molecular weight is 292 g/mol. The summed E-state index contributed by atoms with van der Waals surface area (Å²) in [6.45, 7) is 0. The molecule has 6 N–H and O–H groups in total. The first-order chi connectivity index (χ1) is 7.40. The maximum atomic E-state index is 13.3. The summed E-state index contributed by atoms with van der Waals surface area (Å²) >= 11 is 2.94. The zero-order valence-electron chi connectivity index (χ0n) is 7.92. The second-order valence-corrected chi connectivity index (χ2v) is 3.58. The van der Waals surface area contributed by atoms with Crippen molar-refractivity contribution in [3.63, 3.8) is 0 Å². The molecule has 0 spiro atoms. The van der Waals surface area contributed by atoms with Crippen LogP contribution in [0.1, 0.15) is 0 Å². The van der Waals surface area contributed by atoms with E-state index in [2.05, 4.69) is 25.9 Å². The molecule has 0 aliphatic carbocycles. The number of hydrogen-bond donors (Lipinski definition) is 3. The second kappa shape index (κ2) is 4.88. The van der Waals surface area contributed by atoms with Crippen LogP contribution in [0.25, 0.3) is 0 Å². The van der Waals surface area contributed by atoms with Crippen LogP contribution in [0.2, 0.25) is 0 Å². The van der Waals surface area contributed by atoms with Crippen LogP contribution in [0.15, 0.2) is 26.6 Å². The summed E-state index contributed by atoms with van der Waals surface area (Å²) in [5.74, 6) is -2.24. The van der Waals surface area contributed by atoms with E-state index < -0.39 is 11.6 Å². The Bertz CT molecular complexity index is 444. The minimum atomic E-state index is -0.874. The van der Waals surface area contributed by atoms with Crippen molar-refractivity contribution in [2.24, 2.45) is 27.2 Å². The molecule has 0 aromatic heterocycles. The fraction of sp³-hybridized carbons (Fsp3) is 0. The average Bonchev–Trinajstić information content (AvgIpc) is 2.09. The molecule has 1 rings (SSSR count). The first-order valence-electron chi connectivity index (χ1n) is 3.98. The summed E-state index contributed by atoms with van der Waals surface area (Å²) in [5.41, 5.74) is 15.2. The van der Waals surface area contributed by atoms with Crippen molar-refractivity contribution in [1.29, 1.82) is 0 Å². The van der Waals surface area contributed by atoms with Gasteiger partial charge in [-0.2, -0.15) is 4.99 Å². The van der Waals surface area contributed by atoms with Gasteiger partial charge in [0.25, 0.3) is 0 Å². The van der Waals surface area contributed by atoms with Crippen molar-refractivity contribution in [3.8, 4) is 0 Å². The molecular formula is C8H8BrF2N5. The maximum absolute atomic E-state index is 13.3. The van der Waals surface area contributed by atoms with Gasteiger partial charge < -0.3 is 17.2 Å². The minimum absolute atomic E-state index is 0.110. The van der Waals surface area contributed by atoms with E-state index in [1.54, 1.807) is 0 Å². The van der Waals surface area contributed by atoms with Crippen LogP contribution >= 0.6 is 15.9 Å². The molecule has 0 aliphatic rings. The van der Waals surface area contributed by atoms with Crippen LogP contribution in [0.5, 0.6) is 0 Å². The molecule has 0 saturated carbocycles. The predicted molar refractivity (Wildman–Crippen MR) is 61.2 cm³/mol. The lowest BCUT2D eigenvalue weighted by Gasteiger charge is -2.01. The molecule has 5 nitrogen and oxygen atoms in total. The molecule has 0 radical (unpaired) electrons. The second-order valence-electron chi connectivity index (χ2n) is 2.72. The standard InChI is InChI=1S/C8H8BrF2N5/c9-4-1-3(10)2-5(11)6(4)15-8(14)16-7(12)13/h1-2H,(H6,12,13,14,15,16). The number of guanidine groups is 2. The van der Waals surface area contributed by atoms with Gasteiger partial charge in [0, 0.05) is 10.5 Å². The van der Waals surface area contributed by atoms with Gasteiger partial charge in [-0.3, -0.25) is 0 Å². The molecule has 8 heteroatoms. The SMILES string of the molecule is NC(N)=NC(N)=Nc1c(F)cc(F)cc1Br. The van der Waals surface area contributed by atoms with Crippen molar-refractivity contribution in [1.82, 2.24) is 0 Å². The monoisotopic (exact) mass is 291 g/mol. The summed E-state index contributed by atoms with van der Waals surface area (Å²) in [5, 5.41) is 0. The summed E-state index contributed by atoms with van der Waals surface area (Å²) in [4.78, 5) is 6.99. The molecule has 0 saturated heterocycles. The molecule has 0 amide bonds. The smallest absolute Gasteiger partial charge is 0.223 e. The fourth-order valence-electron chi connectivity index (χ4n) is 0.913. The normalized spacial score (nSPS) is 11.3. The Balaban J connectivity index is 3.20. The van der Waals surface area contributed by atoms with Gasteiger partial charge in [-0.05, 0) is 22.0 Å². The van der Waals surface area contributed by atoms with E-state index in [9.17, 15) is 8.78 Å². The number of halogens is 3. The van der Waals surface area contributed by atoms with Crippen LogP contribution < -0.4 is 17.2 Å². The number of nitrogens with zero attached hydrogens (tertiary/aromatic N) is 2. The van der Waals surface area contributed by atoms with E-state index in [4.69, 9.17) is 17.2 Å². The highest BCUT2D eigenvalue weighted by molar-refractivity contribution is 9.10. The lowest BCUT2D eigenvalue weighted by Crippen LogP contribution is -2.26. The first-order valence-corrected chi connectivity index (χ1v) is 4.78. The van der Waals surface area contributed by atoms with Gasteiger partial charge >= 0.3 is 0 Å².